The van der Waals surface area contributed by atoms with Crippen LogP contribution in [0.3, 0.4) is 0 Å². The van der Waals surface area contributed by atoms with Crippen molar-refractivity contribution in [3.05, 3.63) is 198 Å². The molecule has 8 nitrogen and oxygen atoms in total. The molecule has 310 valence electrons. The summed E-state index contributed by atoms with van der Waals surface area (Å²) >= 11 is 3.14. The summed E-state index contributed by atoms with van der Waals surface area (Å²) in [5, 5.41) is 22.5. The van der Waals surface area contributed by atoms with Crippen LogP contribution in [-0.2, 0) is 9.31 Å². The van der Waals surface area contributed by atoms with Gasteiger partial charge in [0.15, 0.2) is 0 Å². The topological polar surface area (TPSA) is 102 Å². The maximum Gasteiger partial charge on any atom is 0.496 e. The summed E-state index contributed by atoms with van der Waals surface area (Å²) in [4.78, 5) is 8.36. The number of halogens is 1. The third-order valence-electron chi connectivity index (χ3n) is 12.0. The fourth-order valence-corrected chi connectivity index (χ4v) is 8.57. The van der Waals surface area contributed by atoms with Gasteiger partial charge in [-0.25, -0.2) is 9.97 Å². The first-order valence-electron chi connectivity index (χ1n) is 21.0. The molecule has 5 heterocycles. The molecule has 10 heteroatoms. The van der Waals surface area contributed by atoms with E-state index in [1.165, 1.54) is 32.6 Å². The number of aromatic nitrogens is 4. The second-order valence-electron chi connectivity index (χ2n) is 16.4. The van der Waals surface area contributed by atoms with Gasteiger partial charge in [0.05, 0.1) is 44.7 Å². The zero-order valence-corrected chi connectivity index (χ0v) is 37.4. The number of pyridine rings is 2. The van der Waals surface area contributed by atoms with Crippen LogP contribution in [0.15, 0.2) is 187 Å². The molecule has 0 spiro atoms. The summed E-state index contributed by atoms with van der Waals surface area (Å²) in [6, 6.07) is 65.4. The van der Waals surface area contributed by atoms with Crippen LogP contribution in [0, 0.1) is 22.7 Å². The van der Waals surface area contributed by atoms with Crippen LogP contribution in [0.2, 0.25) is 0 Å². The molecule has 1 aliphatic heterocycles. The summed E-state index contributed by atoms with van der Waals surface area (Å²) in [5.41, 5.74) is 9.80. The molecule has 4 aromatic heterocycles. The lowest BCUT2D eigenvalue weighted by atomic mass is 9.77. The van der Waals surface area contributed by atoms with Crippen LogP contribution < -0.4 is 5.46 Å². The third-order valence-corrected chi connectivity index (χ3v) is 12.4. The van der Waals surface area contributed by atoms with Gasteiger partial charge in [-0.2, -0.15) is 10.5 Å². The van der Waals surface area contributed by atoms with Gasteiger partial charge >= 0.3 is 7.12 Å². The van der Waals surface area contributed by atoms with Crippen molar-refractivity contribution in [3.8, 4) is 34.8 Å². The standard InChI is InChI=1S/C24H24BNO2.C24H15N3.C6H3BrN2/c1-23(2)24(3,4)28-25(27-23)19-13-7-10-16-22(19)26-20-14-8-5-11-17(20)18-12-6-9-15-21(18)26;25-16-17-8-7-12-21(26-17)20-11-3-6-15-24(20)27-22-13-4-1-9-18(22)19-10-2-5-14-23(19)27;7-6-3-1-2-5(4-8)9-6/h5-16H,1-4H3;1-15H;1-3H. The number of nitrogens with zero attached hydrogens (tertiary/aromatic N) is 6. The minimum Gasteiger partial charge on any atom is -0.399 e. The Balaban J connectivity index is 0.000000136. The smallest absolute Gasteiger partial charge is 0.399 e. The van der Waals surface area contributed by atoms with Crippen molar-refractivity contribution in [2.45, 2.75) is 38.9 Å². The van der Waals surface area contributed by atoms with Crippen molar-refractivity contribution in [1.29, 1.82) is 10.5 Å². The molecule has 64 heavy (non-hydrogen) atoms. The second-order valence-corrected chi connectivity index (χ2v) is 17.2. The van der Waals surface area contributed by atoms with Gasteiger partial charge in [-0.3, -0.25) is 0 Å². The second kappa shape index (κ2) is 17.4. The Hall–Kier alpha value is -7.34. The van der Waals surface area contributed by atoms with E-state index in [1.54, 1.807) is 24.3 Å². The van der Waals surface area contributed by atoms with E-state index in [2.05, 4.69) is 202 Å². The zero-order chi connectivity index (χ0) is 44.4. The SMILES string of the molecule is CC1(C)OB(c2ccccc2-n2c3ccccc3c3ccccc32)OC1(C)C.N#Cc1cccc(-c2ccccc2-n2c3ccccc3c3ccccc32)n1.N#Cc1cccc(Br)n1. The highest BCUT2D eigenvalue weighted by Gasteiger charge is 2.52. The molecule has 11 rings (SSSR count). The van der Waals surface area contributed by atoms with E-state index in [-0.39, 0.29) is 11.2 Å². The van der Waals surface area contributed by atoms with E-state index in [4.69, 9.17) is 14.6 Å². The van der Waals surface area contributed by atoms with Gasteiger partial charge in [0.2, 0.25) is 0 Å². The first-order valence-corrected chi connectivity index (χ1v) is 21.8. The molecule has 0 amide bonds. The molecular formula is C54H42BBrN6O2. The molecule has 0 unspecified atom stereocenters. The number of para-hydroxylation sites is 6. The van der Waals surface area contributed by atoms with Crippen molar-refractivity contribution >= 4 is 72.1 Å². The fraction of sp³-hybridized carbons (Fsp3) is 0.111. The van der Waals surface area contributed by atoms with Gasteiger partial charge in [-0.15, -0.1) is 0 Å². The lowest BCUT2D eigenvalue weighted by molar-refractivity contribution is 0.00578. The molecule has 1 aliphatic rings. The van der Waals surface area contributed by atoms with Crippen LogP contribution in [0.1, 0.15) is 39.1 Å². The molecule has 1 fully saturated rings. The Kier molecular flexibility index (Phi) is 11.4. The number of hydrogen-bond acceptors (Lipinski definition) is 6. The van der Waals surface area contributed by atoms with Gasteiger partial charge in [0.25, 0.3) is 0 Å². The predicted molar refractivity (Wildman–Crippen MR) is 262 cm³/mol. The Labute approximate surface area is 380 Å². The first-order chi connectivity index (χ1) is 31.1. The highest BCUT2D eigenvalue weighted by atomic mass is 79.9. The largest absolute Gasteiger partial charge is 0.496 e. The minimum absolute atomic E-state index is 0.369. The van der Waals surface area contributed by atoms with Crippen molar-refractivity contribution in [2.24, 2.45) is 0 Å². The van der Waals surface area contributed by atoms with Crippen molar-refractivity contribution in [3.63, 3.8) is 0 Å². The lowest BCUT2D eigenvalue weighted by Crippen LogP contribution is -2.41. The molecule has 1 saturated heterocycles. The van der Waals surface area contributed by atoms with E-state index in [9.17, 15) is 5.26 Å². The summed E-state index contributed by atoms with van der Waals surface area (Å²) in [6.45, 7) is 8.37. The maximum atomic E-state index is 9.23. The average Bonchev–Trinajstić information content (AvgIpc) is 3.92. The molecule has 6 aromatic carbocycles. The van der Waals surface area contributed by atoms with Gasteiger partial charge in [0, 0.05) is 38.3 Å². The van der Waals surface area contributed by atoms with Crippen LogP contribution in [0.5, 0.6) is 0 Å². The van der Waals surface area contributed by atoms with E-state index < -0.39 is 7.12 Å². The summed E-state index contributed by atoms with van der Waals surface area (Å²) in [7, 11) is -0.402. The summed E-state index contributed by atoms with van der Waals surface area (Å²) in [5.74, 6) is 0. The van der Waals surface area contributed by atoms with Gasteiger partial charge in [0.1, 0.15) is 28.1 Å². The molecule has 0 bridgehead atoms. The van der Waals surface area contributed by atoms with Gasteiger partial charge in [-0.05, 0) is 104 Å². The van der Waals surface area contributed by atoms with Gasteiger partial charge < -0.3 is 18.4 Å². The molecule has 0 saturated carbocycles. The van der Waals surface area contributed by atoms with E-state index >= 15 is 0 Å². The van der Waals surface area contributed by atoms with Crippen LogP contribution >= 0.6 is 15.9 Å². The highest BCUT2D eigenvalue weighted by Crippen LogP contribution is 2.39. The monoisotopic (exact) mass is 896 g/mol. The first kappa shape index (κ1) is 42.0. The molecule has 0 N–H and O–H groups in total. The Morgan fingerprint density at radius 1 is 0.469 bits per heavy atom. The number of rotatable bonds is 4. The van der Waals surface area contributed by atoms with Crippen LogP contribution in [0.25, 0.3) is 66.2 Å². The van der Waals surface area contributed by atoms with E-state index in [1.807, 2.05) is 30.3 Å². The lowest BCUT2D eigenvalue weighted by Gasteiger charge is -2.32. The molecule has 0 atom stereocenters. The van der Waals surface area contributed by atoms with E-state index in [0.717, 1.165) is 39.1 Å². The number of nitriles is 2. The van der Waals surface area contributed by atoms with Crippen LogP contribution in [0.4, 0.5) is 0 Å². The molecule has 0 aliphatic carbocycles. The average molecular weight is 898 g/mol. The normalized spacial score (nSPS) is 13.8. The minimum atomic E-state index is -0.402. The molecule has 0 radical (unpaired) electrons. The molecule has 10 aromatic rings. The fourth-order valence-electron chi connectivity index (χ4n) is 8.23. The summed E-state index contributed by atoms with van der Waals surface area (Å²) < 4.78 is 18.1. The highest BCUT2D eigenvalue weighted by molar-refractivity contribution is 9.10. The quantitative estimate of drug-likeness (QED) is 0.129. The molecular weight excluding hydrogens is 855 g/mol. The van der Waals surface area contributed by atoms with Crippen molar-refractivity contribution in [1.82, 2.24) is 19.1 Å². The summed E-state index contributed by atoms with van der Waals surface area (Å²) in [6.07, 6.45) is 0. The number of hydrogen-bond donors (Lipinski definition) is 0. The van der Waals surface area contributed by atoms with E-state index in [0.29, 0.717) is 16.0 Å². The predicted octanol–water partition coefficient (Wildman–Crippen LogP) is 12.5. The Bertz CT molecular complexity index is 3310. The Morgan fingerprint density at radius 3 is 1.36 bits per heavy atom. The third kappa shape index (κ3) is 7.84. The number of benzene rings is 6. The van der Waals surface area contributed by atoms with Gasteiger partial charge in [-0.1, -0.05) is 121 Å². The zero-order valence-electron chi connectivity index (χ0n) is 35.8. The maximum absolute atomic E-state index is 9.23. The Morgan fingerprint density at radius 2 is 0.875 bits per heavy atom. The van der Waals surface area contributed by atoms with Crippen molar-refractivity contribution in [2.75, 3.05) is 0 Å². The van der Waals surface area contributed by atoms with Crippen LogP contribution in [-0.4, -0.2) is 37.4 Å². The number of fused-ring (bicyclic) bond motifs is 6. The van der Waals surface area contributed by atoms with Crippen molar-refractivity contribution < 1.29 is 9.31 Å².